The molecule has 2 aliphatic heterocycles. The number of fused-ring (bicyclic) bond motifs is 1. The van der Waals surface area contributed by atoms with Gasteiger partial charge >= 0.3 is 0 Å². The first-order valence-electron chi connectivity index (χ1n) is 10.5. The van der Waals surface area contributed by atoms with Gasteiger partial charge in [0.1, 0.15) is 12.4 Å². The first-order valence-corrected chi connectivity index (χ1v) is 12.0. The van der Waals surface area contributed by atoms with Crippen molar-refractivity contribution >= 4 is 22.0 Å². The number of carbonyl (C=O) groups is 1. The molecule has 0 radical (unpaired) electrons. The van der Waals surface area contributed by atoms with Gasteiger partial charge in [0.2, 0.25) is 10.0 Å². The number of rotatable bonds is 5. The molecule has 2 aliphatic rings. The highest BCUT2D eigenvalue weighted by Gasteiger charge is 2.30. The molecule has 9 heteroatoms. The summed E-state index contributed by atoms with van der Waals surface area (Å²) in [6, 6.07) is 10.3. The van der Waals surface area contributed by atoms with Crippen LogP contribution in [0, 0.1) is 5.82 Å². The summed E-state index contributed by atoms with van der Waals surface area (Å²) in [6.45, 7) is 3.71. The van der Waals surface area contributed by atoms with E-state index < -0.39 is 15.8 Å². The van der Waals surface area contributed by atoms with Gasteiger partial charge in [-0.15, -0.1) is 0 Å². The molecule has 4 rings (SSSR count). The van der Waals surface area contributed by atoms with Crippen LogP contribution in [0.4, 0.5) is 4.39 Å². The van der Waals surface area contributed by atoms with Crippen LogP contribution in [-0.2, 0) is 14.8 Å². The minimum Gasteiger partial charge on any atom is -0.490 e. The van der Waals surface area contributed by atoms with Gasteiger partial charge < -0.3 is 14.4 Å². The lowest BCUT2D eigenvalue weighted by Crippen LogP contribution is -2.38. The van der Waals surface area contributed by atoms with Gasteiger partial charge in [-0.05, 0) is 49.8 Å². The molecule has 170 valence electrons. The van der Waals surface area contributed by atoms with E-state index in [1.807, 2.05) is 31.2 Å². The van der Waals surface area contributed by atoms with Gasteiger partial charge in [0, 0.05) is 31.7 Å². The number of hydrogen-bond acceptors (Lipinski definition) is 5. The van der Waals surface area contributed by atoms with Gasteiger partial charge in [-0.25, -0.2) is 12.8 Å². The Balaban J connectivity index is 1.47. The number of sulfonamides is 1. The van der Waals surface area contributed by atoms with Crippen LogP contribution in [0.1, 0.15) is 18.9 Å². The van der Waals surface area contributed by atoms with Crippen LogP contribution in [-0.4, -0.2) is 62.9 Å². The molecule has 0 unspecified atom stereocenters. The maximum absolute atomic E-state index is 13.2. The third-order valence-electron chi connectivity index (χ3n) is 5.48. The van der Waals surface area contributed by atoms with Crippen LogP contribution < -0.4 is 9.47 Å². The summed E-state index contributed by atoms with van der Waals surface area (Å²) in [5.41, 5.74) is 1.29. The van der Waals surface area contributed by atoms with Crippen molar-refractivity contribution < 1.29 is 27.1 Å². The van der Waals surface area contributed by atoms with Gasteiger partial charge in [-0.2, -0.15) is 4.31 Å². The topological polar surface area (TPSA) is 76.2 Å². The average Bonchev–Trinajstić information content (AvgIpc) is 3.06. The Labute approximate surface area is 187 Å². The second-order valence-corrected chi connectivity index (χ2v) is 9.51. The van der Waals surface area contributed by atoms with Crippen molar-refractivity contribution in [1.82, 2.24) is 9.21 Å². The zero-order valence-corrected chi connectivity index (χ0v) is 18.6. The SMILES string of the molecule is CCOc1cccc2c1OCC(C(=O)N1CCCN(S(=O)(=O)c3ccc(F)cc3)CC1)=C2. The number of para-hydroxylation sites is 1. The molecular formula is C23H25FN2O5S. The Hall–Kier alpha value is -2.91. The minimum atomic E-state index is -3.75. The van der Waals surface area contributed by atoms with E-state index in [1.165, 1.54) is 16.4 Å². The summed E-state index contributed by atoms with van der Waals surface area (Å²) in [5, 5.41) is 0. The first kappa shape index (κ1) is 22.3. The standard InChI is InChI=1S/C23H25FN2O5S/c1-2-30-21-6-3-5-17-15-18(16-31-22(17)21)23(27)25-11-4-12-26(14-13-25)32(28,29)20-9-7-19(24)8-10-20/h3,5-10,15H,2,4,11-14,16H2,1H3. The van der Waals surface area contributed by atoms with Crippen molar-refractivity contribution in [3.05, 3.63) is 59.4 Å². The second-order valence-electron chi connectivity index (χ2n) is 7.57. The lowest BCUT2D eigenvalue weighted by atomic mass is 10.1. The zero-order valence-electron chi connectivity index (χ0n) is 17.8. The summed E-state index contributed by atoms with van der Waals surface area (Å²) in [5.74, 6) is 0.607. The van der Waals surface area contributed by atoms with Crippen LogP contribution in [0.3, 0.4) is 0 Å². The lowest BCUT2D eigenvalue weighted by molar-refractivity contribution is -0.127. The molecule has 0 atom stereocenters. The van der Waals surface area contributed by atoms with E-state index in [4.69, 9.17) is 9.47 Å². The number of benzene rings is 2. The number of amides is 1. The molecule has 2 aromatic rings. The quantitative estimate of drug-likeness (QED) is 0.686. The van der Waals surface area contributed by atoms with E-state index in [9.17, 15) is 17.6 Å². The maximum Gasteiger partial charge on any atom is 0.253 e. The summed E-state index contributed by atoms with van der Waals surface area (Å²) < 4.78 is 51.8. The fraction of sp³-hybridized carbons (Fsp3) is 0.348. The highest BCUT2D eigenvalue weighted by Crippen LogP contribution is 2.36. The number of carbonyl (C=O) groups excluding carboxylic acids is 1. The normalized spacial score (nSPS) is 17.1. The Morgan fingerprint density at radius 2 is 1.88 bits per heavy atom. The molecular weight excluding hydrogens is 435 g/mol. The molecule has 7 nitrogen and oxygen atoms in total. The monoisotopic (exact) mass is 460 g/mol. The van der Waals surface area contributed by atoms with Gasteiger partial charge in [0.05, 0.1) is 17.1 Å². The third kappa shape index (κ3) is 4.49. The number of nitrogens with zero attached hydrogens (tertiary/aromatic N) is 2. The summed E-state index contributed by atoms with van der Waals surface area (Å²) in [4.78, 5) is 14.8. The van der Waals surface area contributed by atoms with Crippen LogP contribution in [0.15, 0.2) is 52.9 Å². The molecule has 0 N–H and O–H groups in total. The zero-order chi connectivity index (χ0) is 22.7. The number of halogens is 1. The van der Waals surface area contributed by atoms with Crippen molar-refractivity contribution in [3.63, 3.8) is 0 Å². The van der Waals surface area contributed by atoms with Crippen molar-refractivity contribution in [2.75, 3.05) is 39.4 Å². The molecule has 2 heterocycles. The van der Waals surface area contributed by atoms with Crippen LogP contribution in [0.5, 0.6) is 11.5 Å². The Kier molecular flexibility index (Phi) is 6.48. The van der Waals surface area contributed by atoms with E-state index in [0.29, 0.717) is 43.2 Å². The maximum atomic E-state index is 13.2. The Bertz CT molecular complexity index is 1130. The lowest BCUT2D eigenvalue weighted by Gasteiger charge is -2.25. The molecule has 32 heavy (non-hydrogen) atoms. The number of hydrogen-bond donors (Lipinski definition) is 0. The van der Waals surface area contributed by atoms with Gasteiger partial charge in [0.15, 0.2) is 11.5 Å². The molecule has 0 spiro atoms. The molecule has 2 aromatic carbocycles. The Morgan fingerprint density at radius 1 is 1.09 bits per heavy atom. The summed E-state index contributed by atoms with van der Waals surface area (Å²) in [7, 11) is -3.75. The van der Waals surface area contributed by atoms with E-state index in [2.05, 4.69) is 0 Å². The molecule has 0 aromatic heterocycles. The second kappa shape index (κ2) is 9.30. The highest BCUT2D eigenvalue weighted by atomic mass is 32.2. The third-order valence-corrected chi connectivity index (χ3v) is 7.39. The first-order chi connectivity index (χ1) is 15.4. The van der Waals surface area contributed by atoms with Crippen LogP contribution >= 0.6 is 0 Å². The minimum absolute atomic E-state index is 0.0452. The van der Waals surface area contributed by atoms with E-state index >= 15 is 0 Å². The fourth-order valence-electron chi connectivity index (χ4n) is 3.87. The Morgan fingerprint density at radius 3 is 2.62 bits per heavy atom. The molecule has 0 bridgehead atoms. The van der Waals surface area contributed by atoms with E-state index in [1.54, 1.807) is 4.90 Å². The average molecular weight is 461 g/mol. The molecule has 1 amide bonds. The van der Waals surface area contributed by atoms with Crippen LogP contribution in [0.25, 0.3) is 6.08 Å². The molecule has 1 fully saturated rings. The van der Waals surface area contributed by atoms with Crippen LogP contribution in [0.2, 0.25) is 0 Å². The van der Waals surface area contributed by atoms with Crippen molar-refractivity contribution in [2.24, 2.45) is 0 Å². The molecule has 0 saturated carbocycles. The summed E-state index contributed by atoms with van der Waals surface area (Å²) >= 11 is 0. The van der Waals surface area contributed by atoms with E-state index in [0.717, 1.165) is 17.7 Å². The van der Waals surface area contributed by atoms with Gasteiger partial charge in [0.25, 0.3) is 5.91 Å². The van der Waals surface area contributed by atoms with Crippen molar-refractivity contribution in [2.45, 2.75) is 18.2 Å². The molecule has 0 aliphatic carbocycles. The van der Waals surface area contributed by atoms with Gasteiger partial charge in [-0.1, -0.05) is 12.1 Å². The smallest absolute Gasteiger partial charge is 0.253 e. The summed E-state index contributed by atoms with van der Waals surface area (Å²) in [6.07, 6.45) is 2.31. The largest absolute Gasteiger partial charge is 0.490 e. The predicted molar refractivity (Wildman–Crippen MR) is 117 cm³/mol. The molecule has 1 saturated heterocycles. The fourth-order valence-corrected chi connectivity index (χ4v) is 5.34. The van der Waals surface area contributed by atoms with Crippen molar-refractivity contribution in [3.8, 4) is 11.5 Å². The van der Waals surface area contributed by atoms with E-state index in [-0.39, 0.29) is 30.5 Å². The highest BCUT2D eigenvalue weighted by molar-refractivity contribution is 7.89. The van der Waals surface area contributed by atoms with Crippen molar-refractivity contribution in [1.29, 1.82) is 0 Å². The number of ether oxygens (including phenoxy) is 2. The van der Waals surface area contributed by atoms with Gasteiger partial charge in [-0.3, -0.25) is 4.79 Å². The predicted octanol–water partition coefficient (Wildman–Crippen LogP) is 2.92.